The van der Waals surface area contributed by atoms with Crippen molar-refractivity contribution >= 4 is 40.6 Å². The molecule has 34 heavy (non-hydrogen) atoms. The number of H-pyrrole nitrogens is 1. The Hall–Kier alpha value is -3.15. The number of rotatable bonds is 9. The minimum absolute atomic E-state index is 0. The molecule has 3 rings (SSSR count). The molecule has 2 aromatic heterocycles. The number of carbonyl (C=O) groups is 3. The van der Waals surface area contributed by atoms with E-state index in [1.54, 1.807) is 12.1 Å². The van der Waals surface area contributed by atoms with Gasteiger partial charge in [0, 0.05) is 60.5 Å². The summed E-state index contributed by atoms with van der Waals surface area (Å²) in [6.45, 7) is 0.231. The fraction of sp³-hybridized carbons (Fsp3) is 0.211. The molecule has 0 saturated heterocycles. The van der Waals surface area contributed by atoms with Gasteiger partial charge in [0.1, 0.15) is 6.04 Å². The molecule has 0 saturated carbocycles. The number of hydrogen-bond donors (Lipinski definition) is 6. The molecule has 0 bridgehead atoms. The number of nitrogens with one attached hydrogen (secondary N) is 3. The minimum Gasteiger partial charge on any atom is -0.481 e. The molecule has 1 amide bonds. The van der Waals surface area contributed by atoms with Crippen molar-refractivity contribution in [2.45, 2.75) is 25.4 Å². The number of hydrogen-bond acceptors (Lipinski definition) is 9. The van der Waals surface area contributed by atoms with Gasteiger partial charge in [-0.25, -0.2) is 14.8 Å². The summed E-state index contributed by atoms with van der Waals surface area (Å²) < 4.78 is 0. The van der Waals surface area contributed by atoms with Crippen molar-refractivity contribution in [1.82, 2.24) is 25.3 Å². The monoisotopic (exact) mass is 744 g/mol. The van der Waals surface area contributed by atoms with Crippen LogP contribution in [-0.2, 0) is 58.9 Å². The number of aliphatic carboxylic acids is 2. The molecule has 2 heterocycles. The van der Waals surface area contributed by atoms with Crippen LogP contribution >= 0.6 is 0 Å². The number of carboxylic acids is 2. The van der Waals surface area contributed by atoms with E-state index >= 15 is 0 Å². The zero-order chi connectivity index (χ0) is 23.3. The number of carbonyl (C=O) groups excluding carboxylic acids is 1. The van der Waals surface area contributed by atoms with Gasteiger partial charge in [-0.2, -0.15) is 4.98 Å². The number of nitrogens with two attached hydrogens (primary N) is 1. The first-order chi connectivity index (χ1) is 15.2. The molecular weight excluding hydrogens is 726 g/mol. The van der Waals surface area contributed by atoms with E-state index in [1.165, 1.54) is 18.3 Å². The minimum atomic E-state index is -1.31. The maximum atomic E-state index is 12.3. The van der Waals surface area contributed by atoms with Crippen molar-refractivity contribution in [1.29, 1.82) is 0 Å². The summed E-state index contributed by atoms with van der Waals surface area (Å²) in [4.78, 5) is 60.6. The van der Waals surface area contributed by atoms with Crippen molar-refractivity contribution in [3.63, 3.8) is 0 Å². The Morgan fingerprint density at radius 3 is 2.41 bits per heavy atom. The third-order valence-corrected chi connectivity index (χ3v) is 4.36. The average Bonchev–Trinajstić information content (AvgIpc) is 2.75. The van der Waals surface area contributed by atoms with Crippen LogP contribution in [0.5, 0.6) is 0 Å². The Labute approximate surface area is 221 Å². The van der Waals surface area contributed by atoms with Crippen molar-refractivity contribution in [2.24, 2.45) is 0 Å². The molecule has 15 heteroatoms. The van der Waals surface area contributed by atoms with Crippen LogP contribution in [0.3, 0.4) is 0 Å². The van der Waals surface area contributed by atoms with Gasteiger partial charge in [0.05, 0.1) is 18.4 Å². The fourth-order valence-corrected chi connectivity index (χ4v) is 2.75. The number of anilines is 2. The van der Waals surface area contributed by atoms with E-state index in [0.717, 1.165) is 0 Å². The van der Waals surface area contributed by atoms with Gasteiger partial charge >= 0.3 is 11.9 Å². The van der Waals surface area contributed by atoms with Crippen LogP contribution in [0.2, 0.25) is 0 Å². The number of aromatic amines is 1. The molecule has 187 valence electrons. The normalized spacial score (nSPS) is 10.9. The van der Waals surface area contributed by atoms with Crippen LogP contribution in [0.15, 0.2) is 35.3 Å². The second-order valence-corrected chi connectivity index (χ2v) is 6.71. The largest absolute Gasteiger partial charge is 0.481 e. The molecule has 0 fully saturated rings. The van der Waals surface area contributed by atoms with E-state index in [0.29, 0.717) is 11.4 Å². The molecule has 1 radical (unpaired) electrons. The maximum absolute atomic E-state index is 12.3. The predicted molar refractivity (Wildman–Crippen MR) is 112 cm³/mol. The third-order valence-electron chi connectivity index (χ3n) is 4.36. The quantitative estimate of drug-likeness (QED) is 0.160. The Bertz CT molecular complexity index is 1240. The first kappa shape index (κ1) is 28.9. The summed E-state index contributed by atoms with van der Waals surface area (Å²) >= 11 is 0. The van der Waals surface area contributed by atoms with E-state index in [-0.39, 0.29) is 84.9 Å². The number of nitrogens with zero attached hydrogens (tertiary/aromatic N) is 3. The second kappa shape index (κ2) is 12.9. The Morgan fingerprint density at radius 1 is 1.12 bits per heavy atom. The molecular formula is C19H19AuN7O6Pd. The number of amides is 1. The summed E-state index contributed by atoms with van der Waals surface area (Å²) in [5, 5.41) is 23.2. The van der Waals surface area contributed by atoms with Crippen LogP contribution in [0, 0.1) is 0 Å². The van der Waals surface area contributed by atoms with Gasteiger partial charge in [-0.3, -0.25) is 19.4 Å². The molecule has 3 aromatic rings. The summed E-state index contributed by atoms with van der Waals surface area (Å²) in [5.41, 5.74) is 6.47. The van der Waals surface area contributed by atoms with Gasteiger partial charge in [-0.15, -0.1) is 0 Å². The van der Waals surface area contributed by atoms with Crippen LogP contribution in [0.25, 0.3) is 11.2 Å². The van der Waals surface area contributed by atoms with Gasteiger partial charge in [0.25, 0.3) is 11.5 Å². The summed E-state index contributed by atoms with van der Waals surface area (Å²) in [6.07, 6.45) is 0.840. The first-order valence-corrected chi connectivity index (χ1v) is 9.33. The van der Waals surface area contributed by atoms with Gasteiger partial charge in [0.2, 0.25) is 5.95 Å². The Kier molecular flexibility index (Phi) is 11.0. The second-order valence-electron chi connectivity index (χ2n) is 6.71. The van der Waals surface area contributed by atoms with Crippen molar-refractivity contribution in [3.8, 4) is 0 Å². The molecule has 1 aromatic carbocycles. The topological polar surface area (TPSA) is 213 Å². The molecule has 13 nitrogen and oxygen atoms in total. The molecule has 0 aliphatic heterocycles. The van der Waals surface area contributed by atoms with E-state index in [2.05, 4.69) is 30.6 Å². The molecule has 0 unspecified atom stereocenters. The van der Waals surface area contributed by atoms with Gasteiger partial charge in [-0.1, -0.05) is 0 Å². The van der Waals surface area contributed by atoms with Crippen LogP contribution in [0.4, 0.5) is 11.6 Å². The SMILES string of the molecule is Nc1nc2ncc(CNc3ccc(C(=O)N[C@@H](CCC(=O)O)C(=O)O)cc3)nc2c(=O)[nH]1.[Au].[Pd]. The zero-order valence-corrected chi connectivity index (χ0v) is 20.9. The third kappa shape index (κ3) is 7.72. The van der Waals surface area contributed by atoms with Crippen molar-refractivity contribution < 1.29 is 67.4 Å². The van der Waals surface area contributed by atoms with Crippen LogP contribution < -0.4 is 21.9 Å². The fourth-order valence-electron chi connectivity index (χ4n) is 2.75. The standard InChI is InChI=1S/C19H19N7O6.Au.Pd/c20-19-25-15-14(17(30)26-19)23-11(8-22-15)7-21-10-3-1-9(2-4-10)16(29)24-12(18(31)32)5-6-13(27)28;;/h1-4,8,12,21H,5-7H2,(H,24,29)(H,27,28)(H,31,32)(H3,20,22,25,26,30);;/t12-;;/m0../s1. The zero-order valence-electron chi connectivity index (χ0n) is 17.1. The number of benzene rings is 1. The van der Waals surface area contributed by atoms with Crippen molar-refractivity contribution in [2.75, 3.05) is 11.1 Å². The number of nitrogen functional groups attached to an aromatic ring is 1. The number of fused-ring (bicyclic) bond motifs is 1. The predicted octanol–water partition coefficient (Wildman–Crippen LogP) is -0.0498. The smallest absolute Gasteiger partial charge is 0.326 e. The van der Waals surface area contributed by atoms with Gasteiger partial charge in [-0.05, 0) is 30.7 Å². The average molecular weight is 745 g/mol. The van der Waals surface area contributed by atoms with Gasteiger partial charge in [0.15, 0.2) is 11.2 Å². The molecule has 0 spiro atoms. The van der Waals surface area contributed by atoms with E-state index in [1.807, 2.05) is 0 Å². The first-order valence-electron chi connectivity index (χ1n) is 9.33. The van der Waals surface area contributed by atoms with Crippen molar-refractivity contribution in [3.05, 3.63) is 52.1 Å². The molecule has 0 aliphatic carbocycles. The van der Waals surface area contributed by atoms with Gasteiger partial charge < -0.3 is 26.6 Å². The molecule has 1 atom stereocenters. The Balaban J connectivity index is 0.00000289. The number of aromatic nitrogens is 4. The van der Waals surface area contributed by atoms with E-state index in [9.17, 15) is 19.2 Å². The van der Waals surface area contributed by atoms with Crippen LogP contribution in [-0.4, -0.2) is 54.0 Å². The molecule has 0 aliphatic rings. The summed E-state index contributed by atoms with van der Waals surface area (Å²) in [6, 6.07) is 4.86. The summed E-state index contributed by atoms with van der Waals surface area (Å²) in [5.74, 6) is -3.16. The summed E-state index contributed by atoms with van der Waals surface area (Å²) in [7, 11) is 0. The van der Waals surface area contributed by atoms with Crippen LogP contribution in [0.1, 0.15) is 28.9 Å². The Morgan fingerprint density at radius 2 is 1.79 bits per heavy atom. The van der Waals surface area contributed by atoms with E-state index in [4.69, 9.17) is 15.9 Å². The maximum Gasteiger partial charge on any atom is 0.326 e. The molecule has 7 N–H and O–H groups in total. The number of carboxylic acid groups (broad SMARTS) is 2. The van der Waals surface area contributed by atoms with E-state index < -0.39 is 29.4 Å².